The van der Waals surface area contributed by atoms with E-state index in [0.717, 1.165) is 34.5 Å². The summed E-state index contributed by atoms with van der Waals surface area (Å²) in [5.41, 5.74) is 3.05. The van der Waals surface area contributed by atoms with E-state index in [2.05, 4.69) is 51.8 Å². The highest BCUT2D eigenvalue weighted by atomic mass is 79.9. The van der Waals surface area contributed by atoms with E-state index in [9.17, 15) is 8.42 Å². The third-order valence-electron chi connectivity index (χ3n) is 7.03. The summed E-state index contributed by atoms with van der Waals surface area (Å²) < 4.78 is 47.7. The molecule has 3 aromatic rings. The Kier molecular flexibility index (Phi) is 6.24. The molecule has 0 amide bonds. The normalized spacial score (nSPS) is 15.8. The van der Waals surface area contributed by atoms with Crippen LogP contribution in [0, 0.1) is 0 Å². The van der Waals surface area contributed by atoms with Crippen LogP contribution in [0.5, 0.6) is 11.6 Å². The van der Waals surface area contributed by atoms with Crippen molar-refractivity contribution in [1.82, 2.24) is 10.1 Å². The number of nitrogens with zero attached hydrogens (tertiary/aromatic N) is 3. The third kappa shape index (κ3) is 4.24. The van der Waals surface area contributed by atoms with Crippen molar-refractivity contribution in [3.63, 3.8) is 0 Å². The highest BCUT2D eigenvalue weighted by Crippen LogP contribution is 2.59. The van der Waals surface area contributed by atoms with E-state index in [1.807, 2.05) is 12.1 Å². The SMILES string of the molecule is COc1ccnc(OC)c1S(=O)(=O)N(CC[Si](C)(C)C)c1noc2c1CC1(CC1)c1ccc(Br)cc1-2. The van der Waals surface area contributed by atoms with E-state index in [1.165, 1.54) is 36.4 Å². The molecule has 2 aromatic heterocycles. The van der Waals surface area contributed by atoms with Crippen molar-refractivity contribution < 1.29 is 22.4 Å². The Hall–Kier alpha value is -2.37. The van der Waals surface area contributed by atoms with Crippen LogP contribution in [-0.4, -0.2) is 47.4 Å². The maximum Gasteiger partial charge on any atom is 0.274 e. The van der Waals surface area contributed by atoms with Crippen LogP contribution in [0.3, 0.4) is 0 Å². The Morgan fingerprint density at radius 1 is 1.17 bits per heavy atom. The molecule has 36 heavy (non-hydrogen) atoms. The number of pyridine rings is 1. The topological polar surface area (TPSA) is 94.8 Å². The summed E-state index contributed by atoms with van der Waals surface area (Å²) in [5.74, 6) is 1.13. The molecule has 192 valence electrons. The van der Waals surface area contributed by atoms with Crippen LogP contribution >= 0.6 is 15.9 Å². The number of ether oxygens (including phenoxy) is 2. The van der Waals surface area contributed by atoms with Crippen LogP contribution in [0.1, 0.15) is 24.0 Å². The number of benzene rings is 1. The number of fused-ring (bicyclic) bond motifs is 4. The highest BCUT2D eigenvalue weighted by molar-refractivity contribution is 9.10. The molecule has 0 atom stereocenters. The second kappa shape index (κ2) is 8.88. The van der Waals surface area contributed by atoms with Gasteiger partial charge in [-0.2, -0.15) is 0 Å². The van der Waals surface area contributed by atoms with Crippen LogP contribution in [0.25, 0.3) is 11.3 Å². The van der Waals surface area contributed by atoms with Crippen molar-refractivity contribution in [2.24, 2.45) is 0 Å². The van der Waals surface area contributed by atoms with Crippen molar-refractivity contribution in [1.29, 1.82) is 0 Å². The lowest BCUT2D eigenvalue weighted by Crippen LogP contribution is -2.37. The van der Waals surface area contributed by atoms with E-state index >= 15 is 0 Å². The molecule has 11 heteroatoms. The number of methoxy groups -OCH3 is 2. The predicted octanol–water partition coefficient (Wildman–Crippen LogP) is 5.64. The molecule has 0 saturated heterocycles. The summed E-state index contributed by atoms with van der Waals surface area (Å²) in [7, 11) is -2.94. The molecule has 1 aromatic carbocycles. The predicted molar refractivity (Wildman–Crippen MR) is 144 cm³/mol. The molecule has 1 spiro atoms. The van der Waals surface area contributed by atoms with Gasteiger partial charge in [0.2, 0.25) is 5.88 Å². The quantitative estimate of drug-likeness (QED) is 0.313. The summed E-state index contributed by atoms with van der Waals surface area (Å²) in [6.45, 7) is 6.92. The summed E-state index contributed by atoms with van der Waals surface area (Å²) in [6, 6.07) is 8.50. The van der Waals surface area contributed by atoms with Gasteiger partial charge in [-0.1, -0.05) is 46.8 Å². The lowest BCUT2D eigenvalue weighted by molar-refractivity contribution is 0.361. The number of hydrogen-bond acceptors (Lipinski definition) is 7. The molecule has 2 heterocycles. The van der Waals surface area contributed by atoms with Crippen LogP contribution < -0.4 is 13.8 Å². The zero-order chi connectivity index (χ0) is 25.9. The van der Waals surface area contributed by atoms with Gasteiger partial charge in [-0.15, -0.1) is 0 Å². The second-order valence-electron chi connectivity index (χ2n) is 10.7. The van der Waals surface area contributed by atoms with Crippen LogP contribution in [0.15, 0.2) is 44.4 Å². The van der Waals surface area contributed by atoms with E-state index in [-0.39, 0.29) is 28.5 Å². The van der Waals surface area contributed by atoms with E-state index in [0.29, 0.717) is 18.0 Å². The van der Waals surface area contributed by atoms with Gasteiger partial charge in [0.1, 0.15) is 5.75 Å². The lowest BCUT2D eigenvalue weighted by Gasteiger charge is -2.29. The first-order valence-electron chi connectivity index (χ1n) is 11.9. The van der Waals surface area contributed by atoms with Crippen LogP contribution in [0.4, 0.5) is 5.82 Å². The van der Waals surface area contributed by atoms with Crippen molar-refractivity contribution in [3.8, 4) is 23.0 Å². The number of hydrogen-bond donors (Lipinski definition) is 0. The molecule has 2 aliphatic rings. The second-order valence-corrected chi connectivity index (χ2v) is 19.0. The Balaban J connectivity index is 1.69. The standard InChI is InChI=1S/C25H30BrN3O5SSi/c1-32-20-8-11-27-24(33-2)22(20)35(30,31)29(12-13-36(3,4)5)23-18-15-25(9-10-25)19-7-6-16(26)14-17(19)21(18)34-28-23/h6-8,11,14H,9-10,12-13,15H2,1-5H3. The fourth-order valence-electron chi connectivity index (χ4n) is 4.91. The maximum atomic E-state index is 14.3. The molecule has 2 aliphatic carbocycles. The molecule has 0 radical (unpaired) electrons. The van der Waals surface area contributed by atoms with E-state index in [4.69, 9.17) is 14.0 Å². The van der Waals surface area contributed by atoms with Crippen LogP contribution in [-0.2, 0) is 21.9 Å². The zero-order valence-corrected chi connectivity index (χ0v) is 24.5. The fraction of sp³-hybridized carbons (Fsp3) is 0.440. The van der Waals surface area contributed by atoms with Gasteiger partial charge >= 0.3 is 0 Å². The minimum absolute atomic E-state index is 0.00122. The van der Waals surface area contributed by atoms with Gasteiger partial charge in [0.25, 0.3) is 10.0 Å². The van der Waals surface area contributed by atoms with Crippen molar-refractivity contribution in [2.75, 3.05) is 25.1 Å². The molecule has 0 bridgehead atoms. The number of sulfonamides is 1. The van der Waals surface area contributed by atoms with Gasteiger partial charge in [-0.05, 0) is 43.0 Å². The van der Waals surface area contributed by atoms with Gasteiger partial charge < -0.3 is 14.0 Å². The Morgan fingerprint density at radius 2 is 1.92 bits per heavy atom. The average Bonchev–Trinajstić information content (AvgIpc) is 3.48. The Bertz CT molecular complexity index is 1410. The smallest absolute Gasteiger partial charge is 0.274 e. The number of rotatable bonds is 8. The first kappa shape index (κ1) is 25.3. The third-order valence-corrected chi connectivity index (χ3v) is 11.1. The molecule has 0 aliphatic heterocycles. The monoisotopic (exact) mass is 591 g/mol. The summed E-state index contributed by atoms with van der Waals surface area (Å²) in [5, 5.41) is 4.39. The lowest BCUT2D eigenvalue weighted by atomic mass is 9.79. The molecule has 1 fully saturated rings. The molecular formula is C25H30BrN3O5SSi. The number of aromatic nitrogens is 2. The maximum absolute atomic E-state index is 14.3. The first-order chi connectivity index (χ1) is 17.0. The summed E-state index contributed by atoms with van der Waals surface area (Å²) in [6.07, 6.45) is 4.26. The van der Waals surface area contributed by atoms with Gasteiger partial charge in [-0.25, -0.2) is 17.7 Å². The van der Waals surface area contributed by atoms with Crippen LogP contribution in [0.2, 0.25) is 25.7 Å². The van der Waals surface area contributed by atoms with Gasteiger partial charge in [0.05, 0.1) is 14.2 Å². The summed E-state index contributed by atoms with van der Waals surface area (Å²) >= 11 is 3.58. The molecule has 1 saturated carbocycles. The zero-order valence-electron chi connectivity index (χ0n) is 21.1. The molecule has 5 rings (SSSR count). The molecule has 8 nitrogen and oxygen atoms in total. The summed E-state index contributed by atoms with van der Waals surface area (Å²) in [4.78, 5) is 4.05. The van der Waals surface area contributed by atoms with Crippen molar-refractivity contribution in [2.45, 2.75) is 55.3 Å². The largest absolute Gasteiger partial charge is 0.495 e. The van der Waals surface area contributed by atoms with Crippen molar-refractivity contribution in [3.05, 3.63) is 46.1 Å². The first-order valence-corrected chi connectivity index (χ1v) is 17.8. The minimum Gasteiger partial charge on any atom is -0.495 e. The highest BCUT2D eigenvalue weighted by Gasteiger charge is 2.51. The van der Waals surface area contributed by atoms with E-state index < -0.39 is 18.1 Å². The Morgan fingerprint density at radius 3 is 2.56 bits per heavy atom. The molecular weight excluding hydrogens is 562 g/mol. The number of halogens is 1. The average molecular weight is 593 g/mol. The van der Waals surface area contributed by atoms with Gasteiger partial charge in [-0.3, -0.25) is 0 Å². The fourth-order valence-corrected chi connectivity index (χ4v) is 8.01. The number of anilines is 1. The molecule has 0 N–H and O–H groups in total. The van der Waals surface area contributed by atoms with E-state index in [1.54, 1.807) is 0 Å². The van der Waals surface area contributed by atoms with Gasteiger partial charge in [0.15, 0.2) is 16.5 Å². The van der Waals surface area contributed by atoms with Crippen molar-refractivity contribution >= 4 is 39.8 Å². The molecule has 0 unspecified atom stereocenters. The van der Waals surface area contributed by atoms with Gasteiger partial charge in [0, 0.05) is 47.9 Å². The Labute approximate surface area is 221 Å². The minimum atomic E-state index is -4.16.